The molecule has 4 aromatic rings. The number of nitrogens with two attached hydrogens (primary N) is 1. The maximum Gasteiger partial charge on any atom is 0.408 e. The number of amides is 1. The first-order valence-electron chi connectivity index (χ1n) is 14.0. The first-order chi connectivity index (χ1) is 22.0. The Morgan fingerprint density at radius 2 is 1.65 bits per heavy atom. The summed E-state index contributed by atoms with van der Waals surface area (Å²) in [6.45, 7) is 1.15. The smallest absolute Gasteiger partial charge is 0.370 e. The zero-order chi connectivity index (χ0) is 35.8. The van der Waals surface area contributed by atoms with E-state index < -0.39 is 67.2 Å². The number of carbonyl (C=O) groups excluding carboxylic acids is 1. The van der Waals surface area contributed by atoms with E-state index in [2.05, 4.69) is 26.6 Å². The van der Waals surface area contributed by atoms with Crippen LogP contribution in [0.3, 0.4) is 0 Å². The van der Waals surface area contributed by atoms with Crippen molar-refractivity contribution in [3.8, 4) is 23.0 Å². The van der Waals surface area contributed by atoms with Crippen molar-refractivity contribution in [2.45, 2.75) is 50.1 Å². The zero-order valence-corrected chi connectivity index (χ0v) is 27.6. The van der Waals surface area contributed by atoms with E-state index in [1.807, 2.05) is 0 Å². The van der Waals surface area contributed by atoms with Crippen LogP contribution < -0.4 is 10.5 Å². The van der Waals surface area contributed by atoms with Crippen LogP contribution in [0.4, 0.5) is 27.8 Å². The summed E-state index contributed by atoms with van der Waals surface area (Å²) in [5, 5.41) is 3.91. The van der Waals surface area contributed by atoms with Gasteiger partial charge >= 0.3 is 6.18 Å². The largest absolute Gasteiger partial charge is 0.408 e. The quantitative estimate of drug-likeness (QED) is 0.179. The molecule has 2 heterocycles. The summed E-state index contributed by atoms with van der Waals surface area (Å²) in [6, 6.07) is 9.79. The van der Waals surface area contributed by atoms with Crippen molar-refractivity contribution in [1.29, 1.82) is 0 Å². The van der Waals surface area contributed by atoms with Crippen molar-refractivity contribution >= 4 is 42.5 Å². The maximum atomic E-state index is 14.2. The number of benzene rings is 2. The predicted molar refractivity (Wildman–Crippen MR) is 170 cm³/mol. The average molecular weight is 712 g/mol. The molecule has 0 radical (unpaired) electrons. The summed E-state index contributed by atoms with van der Waals surface area (Å²) in [6.07, 6.45) is -3.61. The van der Waals surface area contributed by atoms with E-state index in [0.717, 1.165) is 24.6 Å². The molecule has 256 valence electrons. The number of halogens is 5. The fraction of sp³-hybridized carbons (Fsp3) is 0.323. The van der Waals surface area contributed by atoms with E-state index >= 15 is 0 Å². The molecule has 17 heteroatoms. The molecule has 0 aliphatic heterocycles. The molecule has 0 saturated carbocycles. The third kappa shape index (κ3) is 8.86. The second kappa shape index (κ2) is 13.2. The lowest BCUT2D eigenvalue weighted by molar-refractivity contribution is -0.141. The minimum absolute atomic E-state index is 0.00514. The van der Waals surface area contributed by atoms with E-state index in [1.54, 1.807) is 0 Å². The monoisotopic (exact) mass is 711 g/mol. The first kappa shape index (κ1) is 36.3. The van der Waals surface area contributed by atoms with Crippen molar-refractivity contribution in [3.05, 3.63) is 77.1 Å². The van der Waals surface area contributed by atoms with Gasteiger partial charge in [-0.1, -0.05) is 18.1 Å². The second-order valence-corrected chi connectivity index (χ2v) is 16.0. The molecule has 48 heavy (non-hydrogen) atoms. The SMILES string of the molecule is CC(C)(C#Cc1ccc(-c2cccc3c(NS(C)(=O)=O)nn(CC(F)(F)F)c23)c([C@H](CC(N)=O)Cc2cc(F)cc(F)c2)n1)S(C)(=O)=O. The van der Waals surface area contributed by atoms with Crippen molar-refractivity contribution in [1.82, 2.24) is 14.8 Å². The van der Waals surface area contributed by atoms with Crippen LogP contribution in [0.1, 0.15) is 43.1 Å². The lowest BCUT2D eigenvalue weighted by Crippen LogP contribution is -2.28. The Hall–Kier alpha value is -4.56. The van der Waals surface area contributed by atoms with E-state index in [1.165, 1.54) is 44.2 Å². The number of pyridine rings is 1. The fourth-order valence-corrected chi connectivity index (χ4v) is 5.64. The number of aromatic nitrogens is 3. The molecule has 0 bridgehead atoms. The molecule has 0 saturated heterocycles. The molecule has 2 aromatic heterocycles. The van der Waals surface area contributed by atoms with E-state index in [-0.39, 0.29) is 51.2 Å². The summed E-state index contributed by atoms with van der Waals surface area (Å²) in [5.41, 5.74) is 5.82. The van der Waals surface area contributed by atoms with Gasteiger partial charge < -0.3 is 5.73 Å². The Morgan fingerprint density at radius 1 is 1.00 bits per heavy atom. The number of sulfonamides is 1. The van der Waals surface area contributed by atoms with Crippen LogP contribution in [0.2, 0.25) is 0 Å². The molecule has 0 aliphatic carbocycles. The molecule has 1 amide bonds. The van der Waals surface area contributed by atoms with Crippen LogP contribution in [-0.2, 0) is 37.6 Å². The van der Waals surface area contributed by atoms with Crippen LogP contribution >= 0.6 is 0 Å². The highest BCUT2D eigenvalue weighted by Crippen LogP contribution is 2.39. The van der Waals surface area contributed by atoms with Gasteiger partial charge in [0.2, 0.25) is 15.9 Å². The van der Waals surface area contributed by atoms with Crippen LogP contribution in [0.5, 0.6) is 0 Å². The van der Waals surface area contributed by atoms with Crippen molar-refractivity contribution in [2.75, 3.05) is 17.2 Å². The summed E-state index contributed by atoms with van der Waals surface area (Å²) in [4.78, 5) is 16.9. The maximum absolute atomic E-state index is 14.2. The van der Waals surface area contributed by atoms with Crippen molar-refractivity contribution < 1.29 is 43.6 Å². The molecule has 4 rings (SSSR count). The third-order valence-electron chi connectivity index (χ3n) is 7.25. The number of rotatable bonds is 10. The van der Waals surface area contributed by atoms with Crippen LogP contribution in [0, 0.1) is 23.5 Å². The Labute approximate surface area is 273 Å². The highest BCUT2D eigenvalue weighted by atomic mass is 32.2. The van der Waals surface area contributed by atoms with Gasteiger partial charge in [-0.3, -0.25) is 14.2 Å². The van der Waals surface area contributed by atoms with Gasteiger partial charge in [-0.2, -0.15) is 18.3 Å². The van der Waals surface area contributed by atoms with E-state index in [0.29, 0.717) is 10.7 Å². The second-order valence-electron chi connectivity index (χ2n) is 11.7. The van der Waals surface area contributed by atoms with Crippen LogP contribution in [0.15, 0.2) is 48.5 Å². The molecule has 0 fully saturated rings. The summed E-state index contributed by atoms with van der Waals surface area (Å²) < 4.78 is 119. The van der Waals surface area contributed by atoms with Crippen LogP contribution in [-0.4, -0.2) is 60.9 Å². The number of fused-ring (bicyclic) bond motifs is 1. The number of hydrogen-bond acceptors (Lipinski definition) is 7. The summed E-state index contributed by atoms with van der Waals surface area (Å²) in [7, 11) is -7.63. The Morgan fingerprint density at radius 3 is 2.21 bits per heavy atom. The molecule has 0 spiro atoms. The molecule has 2 aromatic carbocycles. The lowest BCUT2D eigenvalue weighted by Gasteiger charge is -2.20. The number of hydrogen-bond donors (Lipinski definition) is 2. The van der Waals surface area contributed by atoms with Gasteiger partial charge in [-0.15, -0.1) is 0 Å². The topological polar surface area (TPSA) is 154 Å². The van der Waals surface area contributed by atoms with Gasteiger partial charge in [-0.05, 0) is 62.1 Å². The number of primary amides is 1. The first-order valence-corrected chi connectivity index (χ1v) is 17.8. The molecule has 3 N–H and O–H groups in total. The highest BCUT2D eigenvalue weighted by Gasteiger charge is 2.32. The number of para-hydroxylation sites is 1. The number of sulfone groups is 1. The van der Waals surface area contributed by atoms with Gasteiger partial charge in [0.05, 0.1) is 17.5 Å². The molecule has 10 nitrogen and oxygen atoms in total. The Kier molecular flexibility index (Phi) is 9.94. The average Bonchev–Trinajstić information content (AvgIpc) is 3.24. The zero-order valence-electron chi connectivity index (χ0n) is 26.0. The van der Waals surface area contributed by atoms with Gasteiger partial charge in [0.25, 0.3) is 0 Å². The molecule has 0 unspecified atom stereocenters. The molecular weight excluding hydrogens is 681 g/mol. The van der Waals surface area contributed by atoms with E-state index in [4.69, 9.17) is 5.73 Å². The number of alkyl halides is 3. The summed E-state index contributed by atoms with van der Waals surface area (Å²) in [5.74, 6) is 1.31. The van der Waals surface area contributed by atoms with Gasteiger partial charge in [0, 0.05) is 41.2 Å². The lowest BCUT2D eigenvalue weighted by atomic mass is 9.87. The standard InChI is InChI=1S/C31H30F5N5O5S2/c1-30(2,47(3,43)44)11-10-22-8-9-23(27(38-22)19(15-26(37)42)12-18-13-20(32)16-21(33)14-18)24-6-5-7-25-28(24)41(17-31(34,35)36)39-29(25)40-48(4,45)46/h5-9,13-14,16,19H,12,15,17H2,1-4H3,(H2,37,42)(H,39,40)/t19-/m0/s1. The third-order valence-corrected chi connectivity index (χ3v) is 9.77. The van der Waals surface area contributed by atoms with Crippen molar-refractivity contribution in [3.63, 3.8) is 0 Å². The molecule has 0 aliphatic rings. The van der Waals surface area contributed by atoms with Gasteiger partial charge in [0.1, 0.15) is 28.6 Å². The number of nitrogens with one attached hydrogen (secondary N) is 1. The molecular formula is C31H30F5N5O5S2. The highest BCUT2D eigenvalue weighted by molar-refractivity contribution is 7.92. The fourth-order valence-electron chi connectivity index (χ4n) is 4.90. The normalized spacial score (nSPS) is 13.2. The number of nitrogens with zero attached hydrogens (tertiary/aromatic N) is 3. The Balaban J connectivity index is 2.06. The van der Waals surface area contributed by atoms with Crippen LogP contribution in [0.25, 0.3) is 22.0 Å². The van der Waals surface area contributed by atoms with Gasteiger partial charge in [0.15, 0.2) is 15.7 Å². The Bertz CT molecular complexity index is 2170. The van der Waals surface area contributed by atoms with Crippen molar-refractivity contribution in [2.24, 2.45) is 5.73 Å². The minimum atomic E-state index is -4.78. The summed E-state index contributed by atoms with van der Waals surface area (Å²) >= 11 is 0. The minimum Gasteiger partial charge on any atom is -0.370 e. The van der Waals surface area contributed by atoms with E-state index in [9.17, 15) is 43.6 Å². The van der Waals surface area contributed by atoms with Gasteiger partial charge in [-0.25, -0.2) is 30.6 Å². The molecule has 1 atom stereocenters. The number of anilines is 1. The predicted octanol–water partition coefficient (Wildman–Crippen LogP) is 4.69. The number of carbonyl (C=O) groups is 1.